The Balaban J connectivity index is 2.00. The highest BCUT2D eigenvalue weighted by Crippen LogP contribution is 2.68. The number of rotatable bonds is 0. The van der Waals surface area contributed by atoms with E-state index in [1.807, 2.05) is 0 Å². The normalized spacial score (nSPS) is 56.6. The summed E-state index contributed by atoms with van der Waals surface area (Å²) in [6.07, 6.45) is 5.94. The summed E-state index contributed by atoms with van der Waals surface area (Å²) in [5, 5.41) is 20.8. The number of fused-ring (bicyclic) bond motifs is 1. The van der Waals surface area contributed by atoms with Crippen LogP contribution in [-0.2, 0) is 0 Å². The first-order chi connectivity index (χ1) is 7.80. The fourth-order valence-electron chi connectivity index (χ4n) is 5.56. The molecule has 0 saturated heterocycles. The Morgan fingerprint density at radius 3 is 2.35 bits per heavy atom. The van der Waals surface area contributed by atoms with E-state index in [0.29, 0.717) is 5.92 Å². The summed E-state index contributed by atoms with van der Waals surface area (Å²) in [5.74, 6) is 0.658. The van der Waals surface area contributed by atoms with Gasteiger partial charge in [-0.1, -0.05) is 20.8 Å². The Bertz CT molecular complexity index is 338. The first-order valence-electron chi connectivity index (χ1n) is 7.16. The smallest absolute Gasteiger partial charge is 0.0604 e. The van der Waals surface area contributed by atoms with Crippen molar-refractivity contribution in [3.8, 4) is 0 Å². The van der Waals surface area contributed by atoms with Crippen LogP contribution < -0.4 is 0 Å². The van der Waals surface area contributed by atoms with Gasteiger partial charge in [0.25, 0.3) is 0 Å². The van der Waals surface area contributed by atoms with E-state index in [2.05, 4.69) is 20.8 Å². The highest BCUT2D eigenvalue weighted by molar-refractivity contribution is 5.14. The van der Waals surface area contributed by atoms with Crippen molar-refractivity contribution >= 4 is 0 Å². The van der Waals surface area contributed by atoms with E-state index in [4.69, 9.17) is 0 Å². The molecule has 0 amide bonds. The summed E-state index contributed by atoms with van der Waals surface area (Å²) in [7, 11) is 0. The summed E-state index contributed by atoms with van der Waals surface area (Å²) in [6, 6.07) is 0. The number of hydrogen-bond donors (Lipinski definition) is 2. The molecule has 3 aliphatic carbocycles. The molecule has 3 aliphatic rings. The largest absolute Gasteiger partial charge is 0.393 e. The zero-order chi connectivity index (χ0) is 12.5. The molecule has 0 aromatic carbocycles. The van der Waals surface area contributed by atoms with Crippen molar-refractivity contribution in [3.05, 3.63) is 0 Å². The van der Waals surface area contributed by atoms with Gasteiger partial charge in [0.05, 0.1) is 12.2 Å². The minimum atomic E-state index is -0.148. The van der Waals surface area contributed by atoms with Gasteiger partial charge in [-0.2, -0.15) is 0 Å². The maximum absolute atomic E-state index is 10.6. The lowest BCUT2D eigenvalue weighted by Crippen LogP contribution is -2.54. The molecule has 2 nitrogen and oxygen atoms in total. The minimum absolute atomic E-state index is 0.0656. The molecule has 1 spiro atoms. The highest BCUT2D eigenvalue weighted by Gasteiger charge is 2.64. The third-order valence-electron chi connectivity index (χ3n) is 6.45. The van der Waals surface area contributed by atoms with Crippen LogP contribution in [0, 0.1) is 22.2 Å². The lowest BCUT2D eigenvalue weighted by molar-refractivity contribution is -0.144. The summed E-state index contributed by atoms with van der Waals surface area (Å²) in [4.78, 5) is 0. The fourth-order valence-corrected chi connectivity index (χ4v) is 5.56. The number of hydrogen-bond acceptors (Lipinski definition) is 2. The van der Waals surface area contributed by atoms with Crippen LogP contribution in [-0.4, -0.2) is 22.4 Å². The zero-order valence-electron chi connectivity index (χ0n) is 11.4. The van der Waals surface area contributed by atoms with Crippen molar-refractivity contribution in [2.45, 2.75) is 71.5 Å². The third kappa shape index (κ3) is 1.40. The molecule has 3 fully saturated rings. The van der Waals surface area contributed by atoms with Crippen LogP contribution in [0.5, 0.6) is 0 Å². The molecule has 0 aliphatic heterocycles. The Morgan fingerprint density at radius 1 is 0.941 bits per heavy atom. The standard InChI is InChI=1S/C15H26O2/c1-13(2)8-12(17)15-7-5-11(16)14(3,9-15)6-4-10(13)15/h10-12,16-17H,4-9H2,1-3H3/t10-,11+,12+,14+,15-/m0/s1. The molecule has 0 heterocycles. The van der Waals surface area contributed by atoms with Crippen molar-refractivity contribution in [2.24, 2.45) is 22.2 Å². The van der Waals surface area contributed by atoms with E-state index in [0.717, 1.165) is 32.1 Å². The zero-order valence-corrected chi connectivity index (χ0v) is 11.4. The maximum Gasteiger partial charge on any atom is 0.0604 e. The molecule has 2 N–H and O–H groups in total. The van der Waals surface area contributed by atoms with Crippen LogP contribution >= 0.6 is 0 Å². The summed E-state index contributed by atoms with van der Waals surface area (Å²) >= 11 is 0. The Hall–Kier alpha value is -0.0800. The SMILES string of the molecule is CC1(C)C[C@@H](O)[C@]23CC[C@@H](O)[C@](C)(CC[C@@H]12)C3. The van der Waals surface area contributed by atoms with Gasteiger partial charge >= 0.3 is 0 Å². The van der Waals surface area contributed by atoms with E-state index in [9.17, 15) is 10.2 Å². The monoisotopic (exact) mass is 238 g/mol. The highest BCUT2D eigenvalue weighted by atomic mass is 16.3. The van der Waals surface area contributed by atoms with E-state index >= 15 is 0 Å². The predicted octanol–water partition coefficient (Wildman–Crippen LogP) is 2.72. The molecule has 0 unspecified atom stereocenters. The van der Waals surface area contributed by atoms with Gasteiger partial charge in [0.1, 0.15) is 0 Å². The molecular formula is C15H26O2. The molecular weight excluding hydrogens is 212 g/mol. The Labute approximate surface area is 104 Å². The van der Waals surface area contributed by atoms with Gasteiger partial charge in [-0.15, -0.1) is 0 Å². The molecule has 2 bridgehead atoms. The second-order valence-electron chi connectivity index (χ2n) is 7.92. The van der Waals surface area contributed by atoms with Crippen molar-refractivity contribution in [2.75, 3.05) is 0 Å². The number of aliphatic hydroxyl groups is 2. The van der Waals surface area contributed by atoms with Crippen LogP contribution in [0.25, 0.3) is 0 Å². The first-order valence-corrected chi connectivity index (χ1v) is 7.16. The van der Waals surface area contributed by atoms with Crippen molar-refractivity contribution in [1.29, 1.82) is 0 Å². The molecule has 2 heteroatoms. The van der Waals surface area contributed by atoms with Gasteiger partial charge in [0.15, 0.2) is 0 Å². The fraction of sp³-hybridized carbons (Fsp3) is 1.00. The quantitative estimate of drug-likeness (QED) is 0.681. The minimum Gasteiger partial charge on any atom is -0.393 e. The molecule has 0 aromatic heterocycles. The third-order valence-corrected chi connectivity index (χ3v) is 6.45. The molecule has 3 rings (SSSR count). The van der Waals surface area contributed by atoms with E-state index in [1.165, 1.54) is 6.42 Å². The van der Waals surface area contributed by atoms with Crippen LogP contribution in [0.3, 0.4) is 0 Å². The molecule has 17 heavy (non-hydrogen) atoms. The van der Waals surface area contributed by atoms with Crippen molar-refractivity contribution in [3.63, 3.8) is 0 Å². The summed E-state index contributed by atoms with van der Waals surface area (Å²) < 4.78 is 0. The van der Waals surface area contributed by atoms with Gasteiger partial charge in [-0.05, 0) is 55.3 Å². The van der Waals surface area contributed by atoms with Crippen LogP contribution in [0.15, 0.2) is 0 Å². The van der Waals surface area contributed by atoms with Gasteiger partial charge in [-0.3, -0.25) is 0 Å². The van der Waals surface area contributed by atoms with Gasteiger partial charge in [0, 0.05) is 5.41 Å². The lowest BCUT2D eigenvalue weighted by atomic mass is 9.49. The van der Waals surface area contributed by atoms with Crippen LogP contribution in [0.4, 0.5) is 0 Å². The molecule has 98 valence electrons. The Morgan fingerprint density at radius 2 is 1.65 bits per heavy atom. The maximum atomic E-state index is 10.6. The second kappa shape index (κ2) is 3.27. The van der Waals surface area contributed by atoms with E-state index in [1.54, 1.807) is 0 Å². The average Bonchev–Trinajstić information content (AvgIpc) is 2.41. The average molecular weight is 238 g/mol. The molecule has 0 radical (unpaired) electrons. The van der Waals surface area contributed by atoms with Gasteiger partial charge in [-0.25, -0.2) is 0 Å². The van der Waals surface area contributed by atoms with Gasteiger partial charge < -0.3 is 10.2 Å². The first kappa shape index (κ1) is 12.0. The summed E-state index contributed by atoms with van der Waals surface area (Å²) in [6.45, 7) is 6.87. The number of aliphatic hydroxyl groups excluding tert-OH is 2. The summed E-state index contributed by atoms with van der Waals surface area (Å²) in [5.41, 5.74) is 0.467. The van der Waals surface area contributed by atoms with Gasteiger partial charge in [0.2, 0.25) is 0 Å². The topological polar surface area (TPSA) is 40.5 Å². The Kier molecular flexibility index (Phi) is 2.30. The lowest BCUT2D eigenvalue weighted by Gasteiger charge is -2.57. The molecule has 3 saturated carbocycles. The predicted molar refractivity (Wildman–Crippen MR) is 67.5 cm³/mol. The van der Waals surface area contributed by atoms with E-state index < -0.39 is 0 Å². The van der Waals surface area contributed by atoms with Crippen molar-refractivity contribution in [1.82, 2.24) is 0 Å². The second-order valence-corrected chi connectivity index (χ2v) is 7.92. The van der Waals surface area contributed by atoms with Crippen LogP contribution in [0.2, 0.25) is 0 Å². The molecule has 5 atom stereocenters. The molecule has 0 aromatic rings. The van der Waals surface area contributed by atoms with Crippen LogP contribution in [0.1, 0.15) is 59.3 Å². The van der Waals surface area contributed by atoms with E-state index in [-0.39, 0.29) is 28.5 Å². The van der Waals surface area contributed by atoms with Crippen molar-refractivity contribution < 1.29 is 10.2 Å².